The van der Waals surface area contributed by atoms with Crippen molar-refractivity contribution < 1.29 is 19.1 Å². The van der Waals surface area contributed by atoms with Gasteiger partial charge in [-0.25, -0.2) is 4.79 Å². The molecule has 0 spiro atoms. The van der Waals surface area contributed by atoms with Crippen molar-refractivity contribution in [3.63, 3.8) is 0 Å². The van der Waals surface area contributed by atoms with Gasteiger partial charge in [-0.2, -0.15) is 0 Å². The van der Waals surface area contributed by atoms with Crippen LogP contribution in [0.4, 0.5) is 0 Å². The molecule has 0 aliphatic carbocycles. The molecule has 0 amide bonds. The zero-order chi connectivity index (χ0) is 19.9. The number of aliphatic hydroxyl groups is 1. The summed E-state index contributed by atoms with van der Waals surface area (Å²) in [6.07, 6.45) is 4.10. The Morgan fingerprint density at radius 3 is 2.68 bits per heavy atom. The van der Waals surface area contributed by atoms with E-state index in [2.05, 4.69) is 17.0 Å². The first-order valence-corrected chi connectivity index (χ1v) is 9.29. The van der Waals surface area contributed by atoms with E-state index in [-0.39, 0.29) is 11.9 Å². The lowest BCUT2D eigenvalue weighted by Crippen LogP contribution is -2.25. The van der Waals surface area contributed by atoms with Crippen LogP contribution in [0.1, 0.15) is 35.8 Å². The van der Waals surface area contributed by atoms with Gasteiger partial charge in [0.1, 0.15) is 11.9 Å². The summed E-state index contributed by atoms with van der Waals surface area (Å²) in [5.74, 6) is 0.501. The number of rotatable bonds is 8. The Kier molecular flexibility index (Phi) is 6.63. The molecule has 5 nitrogen and oxygen atoms in total. The molecule has 3 aromatic rings. The third-order valence-electron chi connectivity index (χ3n) is 4.75. The van der Waals surface area contributed by atoms with Crippen LogP contribution in [0.5, 0.6) is 0 Å². The largest absolute Gasteiger partial charge is 0.466 e. The van der Waals surface area contributed by atoms with Crippen LogP contribution in [0.2, 0.25) is 0 Å². The van der Waals surface area contributed by atoms with Crippen molar-refractivity contribution in [2.45, 2.75) is 18.9 Å². The number of carbonyl (C=O) groups is 1. The van der Waals surface area contributed by atoms with Gasteiger partial charge >= 0.3 is 5.97 Å². The van der Waals surface area contributed by atoms with E-state index in [9.17, 15) is 9.90 Å². The summed E-state index contributed by atoms with van der Waals surface area (Å²) in [7, 11) is 1.36. The highest BCUT2D eigenvalue weighted by Crippen LogP contribution is 2.26. The fraction of sp³-hybridized carbons (Fsp3) is 0.261. The van der Waals surface area contributed by atoms with E-state index >= 15 is 0 Å². The average Bonchev–Trinajstić information content (AvgIpc) is 3.16. The molecule has 0 radical (unpaired) electrons. The SMILES string of the molecule is COC(=O)C=Cc1ccc(C(C)CNCC(O)c2occ3ccccc23)cc1. The third-order valence-corrected chi connectivity index (χ3v) is 4.75. The predicted molar refractivity (Wildman–Crippen MR) is 110 cm³/mol. The number of carbonyl (C=O) groups excluding carboxylic acids is 1. The van der Waals surface area contributed by atoms with E-state index in [0.717, 1.165) is 22.9 Å². The van der Waals surface area contributed by atoms with Gasteiger partial charge in [0.15, 0.2) is 0 Å². The zero-order valence-electron chi connectivity index (χ0n) is 16.1. The molecule has 0 aliphatic rings. The van der Waals surface area contributed by atoms with E-state index in [1.165, 1.54) is 18.7 Å². The molecule has 1 aromatic heterocycles. The second-order valence-electron chi connectivity index (χ2n) is 6.79. The summed E-state index contributed by atoms with van der Waals surface area (Å²) in [6, 6.07) is 15.8. The van der Waals surface area contributed by atoms with Gasteiger partial charge < -0.3 is 19.6 Å². The van der Waals surface area contributed by atoms with Gasteiger partial charge in [-0.1, -0.05) is 55.5 Å². The summed E-state index contributed by atoms with van der Waals surface area (Å²) in [5.41, 5.74) is 2.12. The Hall–Kier alpha value is -2.89. The molecule has 2 atom stereocenters. The Labute approximate surface area is 164 Å². The number of furan rings is 1. The first-order chi connectivity index (χ1) is 13.6. The highest BCUT2D eigenvalue weighted by molar-refractivity contribution is 5.87. The number of fused-ring (bicyclic) bond motifs is 1. The molecule has 3 rings (SSSR count). The number of ether oxygens (including phenoxy) is 1. The van der Waals surface area contributed by atoms with Crippen LogP contribution >= 0.6 is 0 Å². The van der Waals surface area contributed by atoms with Gasteiger partial charge in [-0.05, 0) is 23.1 Å². The van der Waals surface area contributed by atoms with E-state index in [0.29, 0.717) is 12.3 Å². The first kappa shape index (κ1) is 19.9. The molecule has 2 N–H and O–H groups in total. The molecule has 0 aliphatic heterocycles. The van der Waals surface area contributed by atoms with Crippen LogP contribution in [0.3, 0.4) is 0 Å². The number of hydrogen-bond acceptors (Lipinski definition) is 5. The first-order valence-electron chi connectivity index (χ1n) is 9.29. The van der Waals surface area contributed by atoms with E-state index in [1.54, 1.807) is 12.3 Å². The molecule has 146 valence electrons. The molecule has 2 aromatic carbocycles. The molecule has 28 heavy (non-hydrogen) atoms. The number of hydrogen-bond donors (Lipinski definition) is 2. The van der Waals surface area contributed by atoms with Crippen LogP contribution in [0, 0.1) is 0 Å². The maximum atomic E-state index is 11.1. The quantitative estimate of drug-likeness (QED) is 0.456. The minimum atomic E-state index is -0.696. The molecule has 0 saturated heterocycles. The van der Waals surface area contributed by atoms with Crippen LogP contribution < -0.4 is 5.32 Å². The summed E-state index contributed by atoms with van der Waals surface area (Å²) in [6.45, 7) is 3.27. The smallest absolute Gasteiger partial charge is 0.330 e. The topological polar surface area (TPSA) is 71.7 Å². The lowest BCUT2D eigenvalue weighted by Gasteiger charge is -2.15. The maximum Gasteiger partial charge on any atom is 0.330 e. The van der Waals surface area contributed by atoms with Gasteiger partial charge in [-0.3, -0.25) is 0 Å². The highest BCUT2D eigenvalue weighted by Gasteiger charge is 2.15. The Morgan fingerprint density at radius 1 is 1.18 bits per heavy atom. The second kappa shape index (κ2) is 9.35. The van der Waals surface area contributed by atoms with Gasteiger partial charge in [0.05, 0.1) is 13.4 Å². The molecular formula is C23H25NO4. The molecular weight excluding hydrogens is 354 g/mol. The number of benzene rings is 2. The predicted octanol–water partition coefficient (Wildman–Crippen LogP) is 4.05. The fourth-order valence-electron chi connectivity index (χ4n) is 3.09. The standard InChI is InChI=1S/C23H25NO4/c1-16(18-10-7-17(8-11-18)9-12-22(26)27-2)13-24-14-21(25)23-20-6-4-3-5-19(20)15-28-23/h3-12,15-16,21,24-25H,13-14H2,1-2H3. The average molecular weight is 379 g/mol. The lowest BCUT2D eigenvalue weighted by atomic mass is 9.99. The maximum absolute atomic E-state index is 11.1. The van der Waals surface area contributed by atoms with Gasteiger partial charge in [0.25, 0.3) is 0 Å². The van der Waals surface area contributed by atoms with E-state index < -0.39 is 6.10 Å². The number of methoxy groups -OCH3 is 1. The molecule has 1 heterocycles. The van der Waals surface area contributed by atoms with Crippen LogP contribution in [0.25, 0.3) is 16.8 Å². The van der Waals surface area contributed by atoms with Crippen molar-refractivity contribution >= 4 is 22.8 Å². The van der Waals surface area contributed by atoms with Crippen molar-refractivity contribution in [1.29, 1.82) is 0 Å². The highest BCUT2D eigenvalue weighted by atomic mass is 16.5. The van der Waals surface area contributed by atoms with E-state index in [1.807, 2.05) is 48.5 Å². The normalized spacial score (nSPS) is 13.7. The summed E-state index contributed by atoms with van der Waals surface area (Å²) < 4.78 is 10.1. The van der Waals surface area contributed by atoms with Crippen molar-refractivity contribution in [2.75, 3.05) is 20.2 Å². The van der Waals surface area contributed by atoms with Crippen molar-refractivity contribution in [2.24, 2.45) is 0 Å². The Balaban J connectivity index is 1.52. The lowest BCUT2D eigenvalue weighted by molar-refractivity contribution is -0.134. The minimum absolute atomic E-state index is 0.277. The molecule has 0 bridgehead atoms. The Morgan fingerprint density at radius 2 is 1.93 bits per heavy atom. The van der Waals surface area contributed by atoms with Gasteiger partial charge in [-0.15, -0.1) is 0 Å². The number of aliphatic hydroxyl groups excluding tert-OH is 1. The van der Waals surface area contributed by atoms with Crippen molar-refractivity contribution in [3.05, 3.63) is 77.8 Å². The van der Waals surface area contributed by atoms with Crippen molar-refractivity contribution in [3.8, 4) is 0 Å². The Bertz CT molecular complexity index is 943. The van der Waals surface area contributed by atoms with Crippen molar-refractivity contribution in [1.82, 2.24) is 5.32 Å². The molecule has 0 fully saturated rings. The zero-order valence-corrected chi connectivity index (χ0v) is 16.1. The monoisotopic (exact) mass is 379 g/mol. The third kappa shape index (κ3) is 4.88. The van der Waals surface area contributed by atoms with Gasteiger partial charge in [0.2, 0.25) is 0 Å². The van der Waals surface area contributed by atoms with Crippen LogP contribution in [-0.2, 0) is 9.53 Å². The number of esters is 1. The molecule has 5 heteroatoms. The van der Waals surface area contributed by atoms with Gasteiger partial charge in [0, 0.05) is 29.9 Å². The summed E-state index contributed by atoms with van der Waals surface area (Å²) >= 11 is 0. The number of nitrogens with one attached hydrogen (secondary N) is 1. The minimum Gasteiger partial charge on any atom is -0.466 e. The van der Waals surface area contributed by atoms with E-state index in [4.69, 9.17) is 4.42 Å². The summed E-state index contributed by atoms with van der Waals surface area (Å²) in [4.78, 5) is 11.1. The molecule has 2 unspecified atom stereocenters. The molecule has 0 saturated carbocycles. The summed E-state index contributed by atoms with van der Waals surface area (Å²) in [5, 5.41) is 15.7. The van der Waals surface area contributed by atoms with Crippen LogP contribution in [-0.4, -0.2) is 31.3 Å². The second-order valence-corrected chi connectivity index (χ2v) is 6.79. The fourth-order valence-corrected chi connectivity index (χ4v) is 3.09. The van der Waals surface area contributed by atoms with Crippen LogP contribution in [0.15, 0.2) is 65.3 Å².